The summed E-state index contributed by atoms with van der Waals surface area (Å²) in [6.07, 6.45) is 5.71. The maximum absolute atomic E-state index is 12.8. The van der Waals surface area contributed by atoms with Crippen molar-refractivity contribution in [1.29, 1.82) is 0 Å². The highest BCUT2D eigenvalue weighted by Crippen LogP contribution is 2.17. The van der Waals surface area contributed by atoms with E-state index in [2.05, 4.69) is 21.2 Å². The highest BCUT2D eigenvalue weighted by Gasteiger charge is 2.20. The van der Waals surface area contributed by atoms with E-state index in [0.717, 1.165) is 25.7 Å². The minimum atomic E-state index is -0.549. The third-order valence-electron chi connectivity index (χ3n) is 4.37. The molecule has 1 fully saturated rings. The van der Waals surface area contributed by atoms with Gasteiger partial charge < -0.3 is 19.2 Å². The van der Waals surface area contributed by atoms with Crippen molar-refractivity contribution in [1.82, 2.24) is 9.47 Å². The van der Waals surface area contributed by atoms with Crippen LogP contribution < -0.4 is 10.9 Å². The third-order valence-corrected chi connectivity index (χ3v) is 4.79. The summed E-state index contributed by atoms with van der Waals surface area (Å²) in [6.45, 7) is 1.42. The molecule has 3 heterocycles. The summed E-state index contributed by atoms with van der Waals surface area (Å²) in [5, 5.41) is 2.53. The molecule has 2 aromatic heterocycles. The Morgan fingerprint density at radius 3 is 2.46 bits per heavy atom. The van der Waals surface area contributed by atoms with E-state index >= 15 is 0 Å². The molecule has 1 saturated heterocycles. The molecular formula is C18H20BrN3O4. The molecule has 7 nitrogen and oxygen atoms in total. The van der Waals surface area contributed by atoms with E-state index in [0.29, 0.717) is 23.3 Å². The molecule has 0 aromatic carbocycles. The summed E-state index contributed by atoms with van der Waals surface area (Å²) >= 11 is 3.13. The summed E-state index contributed by atoms with van der Waals surface area (Å²) < 4.78 is 6.92. The zero-order valence-electron chi connectivity index (χ0n) is 14.5. The number of pyridine rings is 1. The monoisotopic (exact) mass is 421 g/mol. The molecule has 0 unspecified atom stereocenters. The van der Waals surface area contributed by atoms with Crippen LogP contribution >= 0.6 is 15.9 Å². The highest BCUT2D eigenvalue weighted by molar-refractivity contribution is 9.10. The smallest absolute Gasteiger partial charge is 0.291 e. The second-order valence-corrected chi connectivity index (χ2v) is 7.10. The molecule has 2 aromatic rings. The number of halogens is 1. The van der Waals surface area contributed by atoms with Crippen LogP contribution in [0.4, 0.5) is 5.69 Å². The molecular weight excluding hydrogens is 402 g/mol. The largest absolute Gasteiger partial charge is 0.444 e. The zero-order chi connectivity index (χ0) is 18.7. The average Bonchev–Trinajstić information content (AvgIpc) is 2.89. The minimum Gasteiger partial charge on any atom is -0.444 e. The summed E-state index contributed by atoms with van der Waals surface area (Å²) in [5.41, 5.74) is 0.0343. The van der Waals surface area contributed by atoms with E-state index in [1.54, 1.807) is 13.1 Å². The first kappa shape index (κ1) is 18.4. The molecule has 0 bridgehead atoms. The normalized spacial score (nSPS) is 14.8. The lowest BCUT2D eigenvalue weighted by Crippen LogP contribution is -2.33. The van der Waals surface area contributed by atoms with Gasteiger partial charge in [-0.3, -0.25) is 14.4 Å². The molecule has 2 amide bonds. The van der Waals surface area contributed by atoms with Gasteiger partial charge in [-0.25, -0.2) is 0 Å². The number of likely N-dealkylation sites (tertiary alicyclic amines) is 1. The van der Waals surface area contributed by atoms with Crippen molar-refractivity contribution in [2.75, 3.05) is 18.4 Å². The second-order valence-electron chi connectivity index (χ2n) is 6.32. The molecule has 0 atom stereocenters. The number of furan rings is 1. The highest BCUT2D eigenvalue weighted by atomic mass is 79.9. The van der Waals surface area contributed by atoms with Crippen molar-refractivity contribution >= 4 is 33.4 Å². The van der Waals surface area contributed by atoms with Gasteiger partial charge in [0, 0.05) is 26.3 Å². The topological polar surface area (TPSA) is 84.6 Å². The number of aryl methyl sites for hydroxylation is 1. The Labute approximate surface area is 159 Å². The quantitative estimate of drug-likeness (QED) is 0.824. The van der Waals surface area contributed by atoms with Gasteiger partial charge in [-0.2, -0.15) is 0 Å². The van der Waals surface area contributed by atoms with Crippen LogP contribution in [0.3, 0.4) is 0 Å². The van der Waals surface area contributed by atoms with E-state index in [1.165, 1.54) is 22.9 Å². The number of hydrogen-bond acceptors (Lipinski definition) is 4. The number of amides is 2. The molecule has 138 valence electrons. The maximum atomic E-state index is 12.8. The summed E-state index contributed by atoms with van der Waals surface area (Å²) in [5.74, 6) is -0.603. The Morgan fingerprint density at radius 1 is 1.15 bits per heavy atom. The van der Waals surface area contributed by atoms with E-state index in [4.69, 9.17) is 4.42 Å². The Morgan fingerprint density at radius 2 is 1.85 bits per heavy atom. The summed E-state index contributed by atoms with van der Waals surface area (Å²) in [4.78, 5) is 39.2. The number of rotatable bonds is 3. The molecule has 26 heavy (non-hydrogen) atoms. The summed E-state index contributed by atoms with van der Waals surface area (Å²) in [7, 11) is 1.56. The van der Waals surface area contributed by atoms with Crippen LogP contribution in [0.15, 0.2) is 38.3 Å². The third kappa shape index (κ3) is 4.07. The van der Waals surface area contributed by atoms with E-state index in [9.17, 15) is 14.4 Å². The van der Waals surface area contributed by atoms with Crippen LogP contribution in [0, 0.1) is 0 Å². The first-order valence-electron chi connectivity index (χ1n) is 8.52. The number of nitrogens with zero attached hydrogens (tertiary/aromatic N) is 2. The first-order valence-corrected chi connectivity index (χ1v) is 9.31. The van der Waals surface area contributed by atoms with Crippen molar-refractivity contribution in [3.8, 4) is 0 Å². The molecule has 0 saturated carbocycles. The Hall–Kier alpha value is -2.35. The number of carbonyl (C=O) groups excluding carboxylic acids is 2. The Balaban J connectivity index is 1.85. The van der Waals surface area contributed by atoms with Gasteiger partial charge in [0.15, 0.2) is 10.4 Å². The van der Waals surface area contributed by atoms with Crippen molar-refractivity contribution < 1.29 is 14.0 Å². The lowest BCUT2D eigenvalue weighted by Gasteiger charge is -2.21. The number of hydrogen-bond donors (Lipinski definition) is 1. The van der Waals surface area contributed by atoms with E-state index < -0.39 is 11.5 Å². The van der Waals surface area contributed by atoms with E-state index in [1.807, 2.05) is 4.90 Å². The molecule has 0 radical (unpaired) electrons. The lowest BCUT2D eigenvalue weighted by molar-refractivity contribution is 0.0760. The predicted octanol–water partition coefficient (Wildman–Crippen LogP) is 3.01. The Bertz CT molecular complexity index is 879. The number of aromatic nitrogens is 1. The average molecular weight is 422 g/mol. The fourth-order valence-electron chi connectivity index (χ4n) is 2.99. The SMILES string of the molecule is Cn1cc(C(=O)N2CCCCCC2)cc(NC(=O)c2ccc(Br)o2)c1=O. The van der Waals surface area contributed by atoms with Crippen LogP contribution in [-0.2, 0) is 7.05 Å². The van der Waals surface area contributed by atoms with Crippen LogP contribution in [0.2, 0.25) is 0 Å². The first-order chi connectivity index (χ1) is 12.5. The van der Waals surface area contributed by atoms with Gasteiger partial charge in [0.25, 0.3) is 17.4 Å². The fourth-order valence-corrected chi connectivity index (χ4v) is 3.30. The van der Waals surface area contributed by atoms with Crippen LogP contribution in [0.25, 0.3) is 0 Å². The Kier molecular flexibility index (Phi) is 5.61. The molecule has 1 aliphatic heterocycles. The van der Waals surface area contributed by atoms with Gasteiger partial charge in [-0.05, 0) is 47.0 Å². The number of nitrogens with one attached hydrogen (secondary N) is 1. The fraction of sp³-hybridized carbons (Fsp3) is 0.389. The molecule has 0 spiro atoms. The van der Waals surface area contributed by atoms with Crippen molar-refractivity contribution in [3.05, 3.63) is 50.7 Å². The second kappa shape index (κ2) is 7.90. The molecule has 1 aliphatic rings. The van der Waals surface area contributed by atoms with Crippen LogP contribution in [0.5, 0.6) is 0 Å². The predicted molar refractivity (Wildman–Crippen MR) is 100 cm³/mol. The maximum Gasteiger partial charge on any atom is 0.291 e. The number of carbonyl (C=O) groups is 2. The van der Waals surface area contributed by atoms with Crippen LogP contribution in [0.1, 0.15) is 46.6 Å². The van der Waals surface area contributed by atoms with Crippen molar-refractivity contribution in [2.45, 2.75) is 25.7 Å². The van der Waals surface area contributed by atoms with Gasteiger partial charge >= 0.3 is 0 Å². The van der Waals surface area contributed by atoms with Gasteiger partial charge in [0.05, 0.1) is 5.56 Å². The molecule has 8 heteroatoms. The van der Waals surface area contributed by atoms with E-state index in [-0.39, 0.29) is 17.4 Å². The number of anilines is 1. The zero-order valence-corrected chi connectivity index (χ0v) is 16.0. The molecule has 1 N–H and O–H groups in total. The molecule has 0 aliphatic carbocycles. The lowest BCUT2D eigenvalue weighted by atomic mass is 10.2. The van der Waals surface area contributed by atoms with Crippen molar-refractivity contribution in [3.63, 3.8) is 0 Å². The van der Waals surface area contributed by atoms with Gasteiger partial charge in [-0.1, -0.05) is 12.8 Å². The standard InChI is InChI=1S/C18H20BrN3O4/c1-21-11-12(17(24)22-8-4-2-3-5-9-22)10-13(18(21)25)20-16(23)14-6-7-15(19)26-14/h6-7,10-11H,2-5,8-9H2,1H3,(H,20,23). The molecule has 3 rings (SSSR count). The van der Waals surface area contributed by atoms with Gasteiger partial charge in [-0.15, -0.1) is 0 Å². The van der Waals surface area contributed by atoms with Crippen molar-refractivity contribution in [2.24, 2.45) is 7.05 Å². The minimum absolute atomic E-state index is 0.0469. The van der Waals surface area contributed by atoms with Gasteiger partial charge in [0.2, 0.25) is 0 Å². The summed E-state index contributed by atoms with van der Waals surface area (Å²) in [6, 6.07) is 4.52. The van der Waals surface area contributed by atoms with Crippen LogP contribution in [-0.4, -0.2) is 34.4 Å². The van der Waals surface area contributed by atoms with Gasteiger partial charge in [0.1, 0.15) is 5.69 Å².